The number of benzene rings is 2. The Bertz CT molecular complexity index is 882. The van der Waals surface area contributed by atoms with Gasteiger partial charge in [-0.15, -0.1) is 0 Å². The second-order valence-electron chi connectivity index (χ2n) is 6.01. The predicted octanol–water partition coefficient (Wildman–Crippen LogP) is 2.48. The van der Waals surface area contributed by atoms with Gasteiger partial charge in [-0.1, -0.05) is 30.0 Å². The van der Waals surface area contributed by atoms with E-state index in [1.807, 2.05) is 0 Å². The van der Waals surface area contributed by atoms with Gasteiger partial charge in [0.05, 0.1) is 24.5 Å². The van der Waals surface area contributed by atoms with Gasteiger partial charge in [0.1, 0.15) is 11.5 Å². The molecule has 3 rings (SSSR count). The fourth-order valence-electron chi connectivity index (χ4n) is 2.68. The van der Waals surface area contributed by atoms with E-state index < -0.39 is 5.25 Å². The number of hydrogen-bond donors (Lipinski definition) is 3. The van der Waals surface area contributed by atoms with E-state index in [0.29, 0.717) is 12.2 Å². The molecule has 3 amide bonds. The molecule has 0 aromatic heterocycles. The van der Waals surface area contributed by atoms with Crippen molar-refractivity contribution in [1.29, 1.82) is 0 Å². The molecule has 1 heterocycles. The van der Waals surface area contributed by atoms with Crippen molar-refractivity contribution in [2.24, 2.45) is 0 Å². The van der Waals surface area contributed by atoms with Gasteiger partial charge < -0.3 is 15.2 Å². The number of hydrogen-bond acceptors (Lipinski definition) is 6. The molecular formula is C19H18N2O5S. The van der Waals surface area contributed by atoms with Crippen molar-refractivity contribution < 1.29 is 24.2 Å². The van der Waals surface area contributed by atoms with Crippen LogP contribution in [0, 0.1) is 0 Å². The summed E-state index contributed by atoms with van der Waals surface area (Å²) in [5.41, 5.74) is 1.80. The van der Waals surface area contributed by atoms with E-state index in [2.05, 4.69) is 10.6 Å². The third-order valence-corrected chi connectivity index (χ3v) is 5.03. The summed E-state index contributed by atoms with van der Waals surface area (Å²) in [6.45, 7) is 0. The summed E-state index contributed by atoms with van der Waals surface area (Å²) in [5, 5.41) is 14.0. The van der Waals surface area contributed by atoms with Crippen molar-refractivity contribution in [2.45, 2.75) is 18.1 Å². The molecule has 0 aliphatic carbocycles. The van der Waals surface area contributed by atoms with Crippen LogP contribution in [0.25, 0.3) is 0 Å². The zero-order valence-electron chi connectivity index (χ0n) is 14.5. The van der Waals surface area contributed by atoms with Crippen molar-refractivity contribution in [1.82, 2.24) is 5.32 Å². The molecule has 7 nitrogen and oxygen atoms in total. The Morgan fingerprint density at radius 3 is 2.52 bits per heavy atom. The minimum atomic E-state index is -0.509. The van der Waals surface area contributed by atoms with Gasteiger partial charge in [-0.05, 0) is 41.8 Å². The summed E-state index contributed by atoms with van der Waals surface area (Å²) < 4.78 is 5.08. The van der Waals surface area contributed by atoms with Crippen molar-refractivity contribution in [3.63, 3.8) is 0 Å². The lowest BCUT2D eigenvalue weighted by molar-refractivity contribution is -0.119. The molecule has 1 fully saturated rings. The zero-order chi connectivity index (χ0) is 19.4. The number of carbonyl (C=O) groups is 3. The Morgan fingerprint density at radius 2 is 1.89 bits per heavy atom. The van der Waals surface area contributed by atoms with Crippen molar-refractivity contribution in [2.75, 3.05) is 12.4 Å². The van der Waals surface area contributed by atoms with Crippen molar-refractivity contribution in [3.05, 3.63) is 53.6 Å². The summed E-state index contributed by atoms with van der Waals surface area (Å²) in [5.74, 6) is 0.0252. The lowest BCUT2D eigenvalue weighted by Gasteiger charge is -2.11. The zero-order valence-corrected chi connectivity index (χ0v) is 15.3. The second-order valence-corrected chi connectivity index (χ2v) is 7.19. The first-order valence-corrected chi connectivity index (χ1v) is 9.08. The highest BCUT2D eigenvalue weighted by molar-refractivity contribution is 8.15. The average Bonchev–Trinajstić information content (AvgIpc) is 2.95. The highest BCUT2D eigenvalue weighted by Crippen LogP contribution is 2.28. The summed E-state index contributed by atoms with van der Waals surface area (Å²) in [7, 11) is 1.57. The molecule has 1 aliphatic rings. The number of imide groups is 1. The molecule has 2 aromatic rings. The number of ether oxygens (including phenoxy) is 1. The van der Waals surface area contributed by atoms with Crippen LogP contribution in [0.5, 0.6) is 11.5 Å². The molecule has 1 saturated heterocycles. The number of carbonyl (C=O) groups excluding carboxylic acids is 3. The van der Waals surface area contributed by atoms with Gasteiger partial charge in [-0.25, -0.2) is 0 Å². The largest absolute Gasteiger partial charge is 0.506 e. The minimum Gasteiger partial charge on any atom is -0.506 e. The predicted molar refractivity (Wildman–Crippen MR) is 102 cm³/mol. The normalized spacial score (nSPS) is 16.1. The number of phenolic OH excluding ortho intramolecular Hbond substituents is 1. The number of anilines is 1. The number of rotatable bonds is 6. The average molecular weight is 386 g/mol. The fourth-order valence-corrected chi connectivity index (χ4v) is 3.53. The maximum atomic E-state index is 12.3. The van der Waals surface area contributed by atoms with Crippen LogP contribution >= 0.6 is 11.8 Å². The molecule has 2 aromatic carbocycles. The fraction of sp³-hybridized carbons (Fsp3) is 0.211. The molecule has 8 heteroatoms. The maximum Gasteiger partial charge on any atom is 0.286 e. The minimum absolute atomic E-state index is 0.0681. The summed E-state index contributed by atoms with van der Waals surface area (Å²) in [6.07, 6.45) is 0.465. The smallest absolute Gasteiger partial charge is 0.286 e. The summed E-state index contributed by atoms with van der Waals surface area (Å²) in [6, 6.07) is 11.8. The first-order valence-electron chi connectivity index (χ1n) is 8.21. The van der Waals surface area contributed by atoms with Gasteiger partial charge in [0.15, 0.2) is 0 Å². The Balaban J connectivity index is 1.65. The first-order chi connectivity index (χ1) is 12.9. The van der Waals surface area contributed by atoms with E-state index in [1.54, 1.807) is 43.5 Å². The number of aromatic hydroxyl groups is 1. The molecule has 0 radical (unpaired) electrons. The Hall–Kier alpha value is -3.00. The number of phenols is 1. The van der Waals surface area contributed by atoms with Crippen LogP contribution in [0.2, 0.25) is 0 Å². The van der Waals surface area contributed by atoms with E-state index in [1.165, 1.54) is 6.07 Å². The van der Waals surface area contributed by atoms with E-state index in [-0.39, 0.29) is 34.9 Å². The van der Waals surface area contributed by atoms with Crippen LogP contribution in [0.15, 0.2) is 42.5 Å². The standard InChI is InChI=1S/C19H18N2O5S/c1-26-13-5-2-11(3-6-13)10-17(23)20-14-8-12(4-7-15(14)22)9-16-18(24)21-19(25)27-16/h2-8,16,22H,9-10H2,1H3,(H,20,23)(H,21,24,25). The van der Waals surface area contributed by atoms with Crippen LogP contribution in [0.3, 0.4) is 0 Å². The first kappa shape index (κ1) is 18.8. The molecule has 140 valence electrons. The molecule has 1 unspecified atom stereocenters. The van der Waals surface area contributed by atoms with Crippen LogP contribution in [-0.4, -0.2) is 34.5 Å². The van der Waals surface area contributed by atoms with Gasteiger partial charge in [-0.3, -0.25) is 19.7 Å². The lowest BCUT2D eigenvalue weighted by Crippen LogP contribution is -2.25. The molecule has 3 N–H and O–H groups in total. The van der Waals surface area contributed by atoms with Crippen molar-refractivity contribution in [3.8, 4) is 11.5 Å². The van der Waals surface area contributed by atoms with Crippen LogP contribution in [0.4, 0.5) is 10.5 Å². The summed E-state index contributed by atoms with van der Waals surface area (Å²) in [4.78, 5) is 35.2. The Morgan fingerprint density at radius 1 is 1.19 bits per heavy atom. The highest BCUT2D eigenvalue weighted by atomic mass is 32.2. The van der Waals surface area contributed by atoms with Crippen LogP contribution < -0.4 is 15.4 Å². The van der Waals surface area contributed by atoms with Gasteiger partial charge in [-0.2, -0.15) is 0 Å². The van der Waals surface area contributed by atoms with Gasteiger partial charge in [0, 0.05) is 0 Å². The van der Waals surface area contributed by atoms with Crippen LogP contribution in [0.1, 0.15) is 11.1 Å². The highest BCUT2D eigenvalue weighted by Gasteiger charge is 2.31. The molecule has 0 spiro atoms. The van der Waals surface area contributed by atoms with E-state index >= 15 is 0 Å². The number of methoxy groups -OCH3 is 1. The maximum absolute atomic E-state index is 12.3. The van der Waals surface area contributed by atoms with E-state index in [4.69, 9.17) is 4.74 Å². The van der Waals surface area contributed by atoms with Crippen molar-refractivity contribution >= 4 is 34.5 Å². The van der Waals surface area contributed by atoms with Gasteiger partial charge >= 0.3 is 0 Å². The molecular weight excluding hydrogens is 368 g/mol. The molecule has 0 saturated carbocycles. The molecule has 1 atom stereocenters. The van der Waals surface area contributed by atoms with Gasteiger partial charge in [0.2, 0.25) is 11.8 Å². The Kier molecular flexibility index (Phi) is 5.66. The van der Waals surface area contributed by atoms with Gasteiger partial charge in [0.25, 0.3) is 5.24 Å². The van der Waals surface area contributed by atoms with E-state index in [9.17, 15) is 19.5 Å². The SMILES string of the molecule is COc1ccc(CC(=O)Nc2cc(CC3SC(=O)NC3=O)ccc2O)cc1. The number of nitrogens with one attached hydrogen (secondary N) is 2. The molecule has 27 heavy (non-hydrogen) atoms. The third-order valence-electron chi connectivity index (χ3n) is 4.05. The molecule has 1 aliphatic heterocycles. The van der Waals surface area contributed by atoms with Crippen LogP contribution in [-0.2, 0) is 22.4 Å². The number of thioether (sulfide) groups is 1. The van der Waals surface area contributed by atoms with E-state index in [0.717, 1.165) is 22.9 Å². The third kappa shape index (κ3) is 4.79. The number of amides is 3. The lowest BCUT2D eigenvalue weighted by atomic mass is 10.1. The topological polar surface area (TPSA) is 105 Å². The summed E-state index contributed by atoms with van der Waals surface area (Å²) >= 11 is 0.938. The quantitative estimate of drug-likeness (QED) is 0.659. The Labute approximate surface area is 160 Å². The monoisotopic (exact) mass is 386 g/mol. The molecule has 0 bridgehead atoms. The second kappa shape index (κ2) is 8.13.